The molecular formula is C20H22ClN3O4S. The summed E-state index contributed by atoms with van der Waals surface area (Å²) in [4.78, 5) is 15.6. The number of carbonyl (C=O) groups is 1. The smallest absolute Gasteiger partial charge is 0.356 e. The number of aryl methyl sites for hydroxylation is 1. The summed E-state index contributed by atoms with van der Waals surface area (Å²) in [6.45, 7) is 4.01. The van der Waals surface area contributed by atoms with E-state index in [9.17, 15) is 13.2 Å². The Balaban J connectivity index is 1.90. The normalized spacial score (nSPS) is 18.3. The lowest BCUT2D eigenvalue weighted by Crippen LogP contribution is -2.44. The predicted octanol–water partition coefficient (Wildman–Crippen LogP) is 3.36. The summed E-state index contributed by atoms with van der Waals surface area (Å²) in [5, 5.41) is 0.521. The highest BCUT2D eigenvalue weighted by Gasteiger charge is 2.32. The average Bonchev–Trinajstić information content (AvgIpc) is 2.69. The van der Waals surface area contributed by atoms with E-state index < -0.39 is 22.2 Å². The van der Waals surface area contributed by atoms with Crippen molar-refractivity contribution in [2.45, 2.75) is 32.9 Å². The van der Waals surface area contributed by atoms with Gasteiger partial charge in [-0.15, -0.1) is 0 Å². The van der Waals surface area contributed by atoms with Crippen LogP contribution in [-0.4, -0.2) is 18.7 Å². The van der Waals surface area contributed by atoms with Gasteiger partial charge in [0.05, 0.1) is 18.2 Å². The van der Waals surface area contributed by atoms with Crippen LogP contribution in [0.3, 0.4) is 0 Å². The molecule has 3 N–H and O–H groups in total. The highest BCUT2D eigenvalue weighted by molar-refractivity contribution is 7.87. The highest BCUT2D eigenvalue weighted by atomic mass is 35.5. The standard InChI is InChI=1S/C20H22ClN3O4S/c1-3-15-12-24(11-14-5-7-16(8-6-14)20(25)28-22)29(26,27)23-19(15)17-9-4-13(2)10-18(17)21/h4-10,12,19,23H,3,11,22H2,1-2H3. The second-order valence-electron chi connectivity index (χ2n) is 6.79. The average molecular weight is 436 g/mol. The fourth-order valence-corrected chi connectivity index (χ4v) is 4.82. The third-order valence-corrected chi connectivity index (χ3v) is 6.48. The van der Waals surface area contributed by atoms with E-state index in [1.165, 1.54) is 16.4 Å². The minimum Gasteiger partial charge on any atom is -0.370 e. The Morgan fingerprint density at radius 1 is 1.24 bits per heavy atom. The SMILES string of the molecule is CCC1=CN(Cc2ccc(C(=O)ON)cc2)S(=O)(=O)NC1c1ccc(C)cc1Cl. The van der Waals surface area contributed by atoms with Crippen LogP contribution in [0.25, 0.3) is 0 Å². The molecule has 0 saturated carbocycles. The topological polar surface area (TPSA) is 102 Å². The number of hydrogen-bond acceptors (Lipinski definition) is 5. The summed E-state index contributed by atoms with van der Waals surface area (Å²) in [6, 6.07) is 11.4. The third-order valence-electron chi connectivity index (χ3n) is 4.77. The third kappa shape index (κ3) is 4.62. The molecule has 1 atom stereocenters. The quantitative estimate of drug-likeness (QED) is 0.701. The largest absolute Gasteiger partial charge is 0.370 e. The molecule has 154 valence electrons. The molecule has 7 nitrogen and oxygen atoms in total. The summed E-state index contributed by atoms with van der Waals surface area (Å²) in [6.07, 6.45) is 2.30. The molecule has 3 rings (SSSR count). The van der Waals surface area contributed by atoms with Gasteiger partial charge in [-0.05, 0) is 53.8 Å². The van der Waals surface area contributed by atoms with Crippen LogP contribution in [-0.2, 0) is 21.6 Å². The minimum atomic E-state index is -3.78. The zero-order valence-electron chi connectivity index (χ0n) is 16.1. The fourth-order valence-electron chi connectivity index (χ4n) is 3.17. The molecular weight excluding hydrogens is 414 g/mol. The lowest BCUT2D eigenvalue weighted by molar-refractivity contribution is 0.0503. The molecule has 2 aromatic rings. The van der Waals surface area contributed by atoms with Gasteiger partial charge in [0.25, 0.3) is 0 Å². The van der Waals surface area contributed by atoms with Gasteiger partial charge in [-0.25, -0.2) is 4.79 Å². The molecule has 0 saturated heterocycles. The van der Waals surface area contributed by atoms with Gasteiger partial charge in [-0.3, -0.25) is 4.31 Å². The van der Waals surface area contributed by atoms with Crippen LogP contribution in [0.15, 0.2) is 54.2 Å². The van der Waals surface area contributed by atoms with Crippen LogP contribution in [0.5, 0.6) is 0 Å². The fraction of sp³-hybridized carbons (Fsp3) is 0.250. The molecule has 0 spiro atoms. The van der Waals surface area contributed by atoms with Gasteiger partial charge >= 0.3 is 16.2 Å². The number of rotatable bonds is 5. The lowest BCUT2D eigenvalue weighted by atomic mass is 9.97. The van der Waals surface area contributed by atoms with Crippen molar-refractivity contribution in [3.8, 4) is 0 Å². The molecule has 1 aliphatic heterocycles. The first-order valence-corrected chi connectivity index (χ1v) is 10.8. The van der Waals surface area contributed by atoms with Crippen LogP contribution in [0.1, 0.15) is 46.4 Å². The summed E-state index contributed by atoms with van der Waals surface area (Å²) in [7, 11) is -3.78. The zero-order chi connectivity index (χ0) is 21.2. The van der Waals surface area contributed by atoms with Crippen molar-refractivity contribution >= 4 is 27.8 Å². The van der Waals surface area contributed by atoms with Gasteiger partial charge in [-0.2, -0.15) is 19.0 Å². The Labute approximate surface area is 175 Å². The maximum atomic E-state index is 12.9. The van der Waals surface area contributed by atoms with E-state index in [0.29, 0.717) is 17.0 Å². The van der Waals surface area contributed by atoms with Gasteiger partial charge in [0.2, 0.25) is 0 Å². The monoisotopic (exact) mass is 435 g/mol. The molecule has 0 amide bonds. The molecule has 9 heteroatoms. The first-order chi connectivity index (χ1) is 13.7. The van der Waals surface area contributed by atoms with Crippen LogP contribution in [0.4, 0.5) is 0 Å². The number of benzene rings is 2. The molecule has 0 fully saturated rings. The summed E-state index contributed by atoms with van der Waals surface area (Å²) in [5.41, 5.74) is 3.62. The number of halogens is 1. The Morgan fingerprint density at radius 3 is 2.52 bits per heavy atom. The molecule has 0 bridgehead atoms. The molecule has 1 aliphatic rings. The molecule has 0 aromatic heterocycles. The molecule has 29 heavy (non-hydrogen) atoms. The van der Waals surface area contributed by atoms with Crippen molar-refractivity contribution < 1.29 is 18.0 Å². The predicted molar refractivity (Wildman–Crippen MR) is 111 cm³/mol. The number of nitrogens with two attached hydrogens (primary N) is 1. The van der Waals surface area contributed by atoms with Crippen molar-refractivity contribution in [2.75, 3.05) is 0 Å². The van der Waals surface area contributed by atoms with Gasteiger partial charge in [-0.1, -0.05) is 42.8 Å². The maximum Gasteiger partial charge on any atom is 0.356 e. The molecule has 0 aliphatic carbocycles. The van der Waals surface area contributed by atoms with E-state index in [1.807, 2.05) is 32.0 Å². The van der Waals surface area contributed by atoms with Crippen molar-refractivity contribution in [2.24, 2.45) is 5.90 Å². The number of nitrogens with zero attached hydrogens (tertiary/aromatic N) is 1. The molecule has 2 aromatic carbocycles. The van der Waals surface area contributed by atoms with E-state index in [0.717, 1.165) is 16.7 Å². The molecule has 0 radical (unpaired) electrons. The van der Waals surface area contributed by atoms with Gasteiger partial charge in [0, 0.05) is 11.2 Å². The van der Waals surface area contributed by atoms with E-state index in [-0.39, 0.29) is 12.1 Å². The zero-order valence-corrected chi connectivity index (χ0v) is 17.6. The van der Waals surface area contributed by atoms with E-state index in [2.05, 4.69) is 9.56 Å². The van der Waals surface area contributed by atoms with Crippen LogP contribution >= 0.6 is 11.6 Å². The number of nitrogens with one attached hydrogen (secondary N) is 1. The van der Waals surface area contributed by atoms with Crippen molar-refractivity contribution in [1.82, 2.24) is 9.03 Å². The van der Waals surface area contributed by atoms with Crippen LogP contribution in [0, 0.1) is 6.92 Å². The van der Waals surface area contributed by atoms with Gasteiger partial charge in [0.1, 0.15) is 0 Å². The Kier molecular flexibility index (Phi) is 6.28. The Morgan fingerprint density at radius 2 is 1.93 bits per heavy atom. The summed E-state index contributed by atoms with van der Waals surface area (Å²) < 4.78 is 29.7. The first-order valence-electron chi connectivity index (χ1n) is 9.01. The first kappa shape index (κ1) is 21.3. The van der Waals surface area contributed by atoms with E-state index in [1.54, 1.807) is 18.3 Å². The molecule has 1 unspecified atom stereocenters. The maximum absolute atomic E-state index is 12.9. The minimum absolute atomic E-state index is 0.116. The summed E-state index contributed by atoms with van der Waals surface area (Å²) >= 11 is 6.37. The van der Waals surface area contributed by atoms with Gasteiger partial charge in [0.15, 0.2) is 0 Å². The second-order valence-corrected chi connectivity index (χ2v) is 8.85. The van der Waals surface area contributed by atoms with Crippen molar-refractivity contribution in [3.63, 3.8) is 0 Å². The lowest BCUT2D eigenvalue weighted by Gasteiger charge is -2.33. The van der Waals surface area contributed by atoms with Crippen LogP contribution < -0.4 is 10.6 Å². The summed E-state index contributed by atoms with van der Waals surface area (Å²) in [5.74, 6) is 4.22. The van der Waals surface area contributed by atoms with Crippen molar-refractivity contribution in [1.29, 1.82) is 0 Å². The second kappa shape index (κ2) is 8.54. The number of hydrogen-bond donors (Lipinski definition) is 2. The Bertz CT molecular complexity index is 1050. The Hall–Kier alpha value is -2.39. The van der Waals surface area contributed by atoms with E-state index >= 15 is 0 Å². The molecule has 1 heterocycles. The van der Waals surface area contributed by atoms with Crippen LogP contribution in [0.2, 0.25) is 5.02 Å². The number of carbonyl (C=O) groups excluding carboxylic acids is 1. The highest BCUT2D eigenvalue weighted by Crippen LogP contribution is 2.34. The van der Waals surface area contributed by atoms with Crippen molar-refractivity contribution in [3.05, 3.63) is 81.5 Å². The van der Waals surface area contributed by atoms with Gasteiger partial charge < -0.3 is 4.84 Å². The van der Waals surface area contributed by atoms with E-state index in [4.69, 9.17) is 17.5 Å².